The minimum atomic E-state index is -0.896. The van der Waals surface area contributed by atoms with Gasteiger partial charge in [-0.2, -0.15) is 5.10 Å². The third-order valence-electron chi connectivity index (χ3n) is 6.30. The molecule has 3 aromatic carbocycles. The number of aryl methyl sites for hydroxylation is 2. The molecule has 38 heavy (non-hydrogen) atoms. The molecule has 2 aromatic heterocycles. The maximum Gasteiger partial charge on any atom is 0.307 e. The third kappa shape index (κ3) is 4.81. The van der Waals surface area contributed by atoms with E-state index in [1.807, 2.05) is 76.8 Å². The fourth-order valence-electron chi connectivity index (χ4n) is 4.71. The summed E-state index contributed by atoms with van der Waals surface area (Å²) in [5.41, 5.74) is 5.52. The van der Waals surface area contributed by atoms with Crippen molar-refractivity contribution >= 4 is 55.8 Å². The number of carboxylic acid groups (broad SMARTS) is 1. The lowest BCUT2D eigenvalue weighted by molar-refractivity contribution is -0.136. The molecule has 2 heterocycles. The number of hydrogen-bond acceptors (Lipinski definition) is 6. The van der Waals surface area contributed by atoms with Crippen LogP contribution in [0.4, 0.5) is 5.82 Å². The minimum absolute atomic E-state index is 0.115. The van der Waals surface area contributed by atoms with Crippen molar-refractivity contribution in [1.29, 1.82) is 0 Å². The van der Waals surface area contributed by atoms with Gasteiger partial charge in [-0.15, -0.1) is 11.3 Å². The Hall–Kier alpha value is -3.62. The highest BCUT2D eigenvalue weighted by Gasteiger charge is 2.24. The quantitative estimate of drug-likeness (QED) is 0.231. The second-order valence-electron chi connectivity index (χ2n) is 10.3. The molecule has 0 spiro atoms. The van der Waals surface area contributed by atoms with E-state index < -0.39 is 11.6 Å². The number of carboxylic acids is 1. The lowest BCUT2D eigenvalue weighted by Crippen LogP contribution is -2.23. The third-order valence-corrected chi connectivity index (χ3v) is 7.68. The van der Waals surface area contributed by atoms with E-state index in [9.17, 15) is 9.90 Å². The standard InChI is InChI=1S/C29H29ClN4O3S/c1-15-11-21-26(38-28(32-21)16-7-9-18-22(12-16)34(6)33-27(18)31-5)25(20(15)14-24(35)36)19-10-8-17(30)13-23(19)37-29(2,3)4/h7-13H,14H2,1-6H3,(H,31,33)(H,35,36). The summed E-state index contributed by atoms with van der Waals surface area (Å²) in [6.45, 7) is 7.85. The van der Waals surface area contributed by atoms with Crippen molar-refractivity contribution in [2.75, 3.05) is 12.4 Å². The van der Waals surface area contributed by atoms with Gasteiger partial charge >= 0.3 is 5.97 Å². The Balaban J connectivity index is 1.77. The van der Waals surface area contributed by atoms with E-state index in [1.165, 1.54) is 0 Å². The Labute approximate surface area is 230 Å². The zero-order valence-electron chi connectivity index (χ0n) is 22.1. The number of benzene rings is 3. The SMILES string of the molecule is CNc1nn(C)c2cc(-c3nc4cc(C)c(CC(=O)O)c(-c5ccc(Cl)cc5OC(C)(C)C)c4s3)ccc12. The van der Waals surface area contributed by atoms with Gasteiger partial charge in [-0.05, 0) is 75.2 Å². The summed E-state index contributed by atoms with van der Waals surface area (Å²) >= 11 is 7.91. The summed E-state index contributed by atoms with van der Waals surface area (Å²) in [5, 5.41) is 19.9. The highest BCUT2D eigenvalue weighted by Crippen LogP contribution is 2.45. The van der Waals surface area contributed by atoms with Gasteiger partial charge in [0.1, 0.15) is 16.4 Å². The molecule has 5 rings (SSSR count). The van der Waals surface area contributed by atoms with Gasteiger partial charge in [0.15, 0.2) is 5.82 Å². The van der Waals surface area contributed by atoms with Crippen LogP contribution in [0, 0.1) is 6.92 Å². The average molecular weight is 549 g/mol. The normalized spacial score (nSPS) is 11.9. The van der Waals surface area contributed by atoms with Crippen molar-refractivity contribution in [3.63, 3.8) is 0 Å². The van der Waals surface area contributed by atoms with E-state index in [1.54, 1.807) is 17.4 Å². The summed E-state index contributed by atoms with van der Waals surface area (Å²) < 4.78 is 9.08. The van der Waals surface area contributed by atoms with E-state index in [0.717, 1.165) is 59.8 Å². The Morgan fingerprint density at radius 1 is 1.18 bits per heavy atom. The first-order valence-corrected chi connectivity index (χ1v) is 13.4. The van der Waals surface area contributed by atoms with Crippen LogP contribution in [0.5, 0.6) is 5.75 Å². The van der Waals surface area contributed by atoms with Gasteiger partial charge in [-0.25, -0.2) is 4.98 Å². The van der Waals surface area contributed by atoms with Crippen LogP contribution in [-0.2, 0) is 18.3 Å². The molecule has 0 amide bonds. The molecule has 0 radical (unpaired) electrons. The molecule has 5 aromatic rings. The minimum Gasteiger partial charge on any atom is -0.487 e. The van der Waals surface area contributed by atoms with Crippen LogP contribution in [0.3, 0.4) is 0 Å². The molecule has 7 nitrogen and oxygen atoms in total. The number of anilines is 1. The number of aliphatic carboxylic acids is 1. The zero-order chi connectivity index (χ0) is 27.4. The number of halogens is 1. The van der Waals surface area contributed by atoms with E-state index in [-0.39, 0.29) is 6.42 Å². The number of fused-ring (bicyclic) bond motifs is 2. The fraction of sp³-hybridized carbons (Fsp3) is 0.276. The van der Waals surface area contributed by atoms with E-state index in [2.05, 4.69) is 16.5 Å². The van der Waals surface area contributed by atoms with E-state index in [4.69, 9.17) is 21.3 Å². The predicted molar refractivity (Wildman–Crippen MR) is 156 cm³/mol. The number of ether oxygens (including phenoxy) is 1. The summed E-state index contributed by atoms with van der Waals surface area (Å²) in [4.78, 5) is 16.9. The molecule has 0 fully saturated rings. The molecule has 0 saturated carbocycles. The van der Waals surface area contributed by atoms with Gasteiger partial charge < -0.3 is 15.2 Å². The van der Waals surface area contributed by atoms with Crippen LogP contribution in [0.15, 0.2) is 42.5 Å². The smallest absolute Gasteiger partial charge is 0.307 e. The number of nitrogens with zero attached hydrogens (tertiary/aromatic N) is 3. The largest absolute Gasteiger partial charge is 0.487 e. The van der Waals surface area contributed by atoms with Gasteiger partial charge in [-0.1, -0.05) is 17.7 Å². The number of nitrogens with one attached hydrogen (secondary N) is 1. The van der Waals surface area contributed by atoms with Crippen LogP contribution < -0.4 is 10.1 Å². The molecular weight excluding hydrogens is 520 g/mol. The number of hydrogen-bond donors (Lipinski definition) is 2. The summed E-state index contributed by atoms with van der Waals surface area (Å²) in [6.07, 6.45) is -0.115. The van der Waals surface area contributed by atoms with Crippen molar-refractivity contribution in [2.24, 2.45) is 7.05 Å². The maximum atomic E-state index is 11.9. The molecule has 196 valence electrons. The molecule has 0 bridgehead atoms. The van der Waals surface area contributed by atoms with Crippen molar-refractivity contribution in [3.8, 4) is 27.4 Å². The van der Waals surface area contributed by atoms with Crippen molar-refractivity contribution in [3.05, 3.63) is 58.6 Å². The van der Waals surface area contributed by atoms with Crippen LogP contribution in [-0.4, -0.2) is 38.5 Å². The van der Waals surface area contributed by atoms with Gasteiger partial charge in [0.05, 0.1) is 22.2 Å². The van der Waals surface area contributed by atoms with Crippen molar-refractivity contribution in [1.82, 2.24) is 14.8 Å². The molecule has 0 aliphatic carbocycles. The topological polar surface area (TPSA) is 89.3 Å². The van der Waals surface area contributed by atoms with Crippen molar-refractivity contribution < 1.29 is 14.6 Å². The van der Waals surface area contributed by atoms with Crippen LogP contribution in [0.25, 0.3) is 42.8 Å². The first kappa shape index (κ1) is 26.0. The zero-order valence-corrected chi connectivity index (χ0v) is 23.7. The molecule has 2 N–H and O–H groups in total. The van der Waals surface area contributed by atoms with Crippen LogP contribution in [0.1, 0.15) is 31.9 Å². The highest BCUT2D eigenvalue weighted by molar-refractivity contribution is 7.22. The first-order valence-electron chi connectivity index (χ1n) is 12.2. The molecule has 0 aliphatic rings. The van der Waals surface area contributed by atoms with E-state index in [0.29, 0.717) is 10.8 Å². The van der Waals surface area contributed by atoms with Crippen LogP contribution in [0.2, 0.25) is 5.02 Å². The van der Waals surface area contributed by atoms with Crippen molar-refractivity contribution in [2.45, 2.75) is 39.7 Å². The summed E-state index contributed by atoms with van der Waals surface area (Å²) in [7, 11) is 3.78. The Morgan fingerprint density at radius 3 is 2.63 bits per heavy atom. The lowest BCUT2D eigenvalue weighted by Gasteiger charge is -2.24. The maximum absolute atomic E-state index is 11.9. The predicted octanol–water partition coefficient (Wildman–Crippen LogP) is 7.32. The number of thiazole rings is 1. The summed E-state index contributed by atoms with van der Waals surface area (Å²) in [5.74, 6) is 0.533. The Bertz CT molecular complexity index is 1720. The molecule has 0 saturated heterocycles. The molecule has 0 aliphatic heterocycles. The van der Waals surface area contributed by atoms with Gasteiger partial charge in [0.25, 0.3) is 0 Å². The first-order chi connectivity index (χ1) is 17.9. The molecule has 0 unspecified atom stereocenters. The highest BCUT2D eigenvalue weighted by atomic mass is 35.5. The average Bonchev–Trinajstić information content (AvgIpc) is 3.39. The Morgan fingerprint density at radius 2 is 1.95 bits per heavy atom. The summed E-state index contributed by atoms with van der Waals surface area (Å²) in [6, 6.07) is 13.7. The van der Waals surface area contributed by atoms with Crippen LogP contribution >= 0.6 is 22.9 Å². The van der Waals surface area contributed by atoms with Gasteiger partial charge in [-0.3, -0.25) is 9.48 Å². The Kier molecular flexibility index (Phi) is 6.57. The van der Waals surface area contributed by atoms with Gasteiger partial charge in [0.2, 0.25) is 0 Å². The van der Waals surface area contributed by atoms with E-state index >= 15 is 0 Å². The second kappa shape index (κ2) is 9.60. The molecular formula is C29H29ClN4O3S. The number of carbonyl (C=O) groups is 1. The number of rotatable bonds is 6. The number of aromatic nitrogens is 3. The molecule has 9 heteroatoms. The monoisotopic (exact) mass is 548 g/mol. The second-order valence-corrected chi connectivity index (χ2v) is 11.7. The molecule has 0 atom stereocenters. The lowest BCUT2D eigenvalue weighted by atomic mass is 9.92. The fourth-order valence-corrected chi connectivity index (χ4v) is 6.00. The van der Waals surface area contributed by atoms with Gasteiger partial charge in [0, 0.05) is 41.2 Å².